The van der Waals surface area contributed by atoms with Gasteiger partial charge in [0.1, 0.15) is 17.3 Å². The first-order valence-corrected chi connectivity index (χ1v) is 8.18. The second-order valence-electron chi connectivity index (χ2n) is 4.34. The summed E-state index contributed by atoms with van der Waals surface area (Å²) in [5.41, 5.74) is 1.39. The Morgan fingerprint density at radius 1 is 1.19 bits per heavy atom. The summed E-state index contributed by atoms with van der Waals surface area (Å²) in [4.78, 5) is -0.305. The van der Waals surface area contributed by atoms with Gasteiger partial charge in [0.05, 0.1) is 23.0 Å². The van der Waals surface area contributed by atoms with Crippen molar-refractivity contribution >= 4 is 31.9 Å². The van der Waals surface area contributed by atoms with Gasteiger partial charge in [0.25, 0.3) is 0 Å². The van der Waals surface area contributed by atoms with Gasteiger partial charge in [-0.25, -0.2) is 4.39 Å². The highest BCUT2D eigenvalue weighted by atomic mass is 79.9. The lowest BCUT2D eigenvalue weighted by atomic mass is 10.0. The molecule has 0 aliphatic rings. The van der Waals surface area contributed by atoms with Gasteiger partial charge >= 0.3 is 0 Å². The van der Waals surface area contributed by atoms with Crippen molar-refractivity contribution in [2.75, 3.05) is 13.7 Å². The molecule has 0 spiro atoms. The molecule has 2 aromatic rings. The highest BCUT2D eigenvalue weighted by Gasteiger charge is 2.20. The smallest absolute Gasteiger partial charge is 0.133 e. The van der Waals surface area contributed by atoms with E-state index < -0.39 is 0 Å². The van der Waals surface area contributed by atoms with Crippen molar-refractivity contribution in [1.29, 1.82) is 0 Å². The zero-order valence-electron chi connectivity index (χ0n) is 11.7. The van der Waals surface area contributed by atoms with Crippen molar-refractivity contribution in [3.63, 3.8) is 0 Å². The molecule has 21 heavy (non-hydrogen) atoms. The Hall–Kier alpha value is -1.07. The van der Waals surface area contributed by atoms with Crippen LogP contribution >= 0.6 is 31.9 Å². The normalized spacial score (nSPS) is 12.0. The maximum atomic E-state index is 14.1. The second-order valence-corrected chi connectivity index (χ2v) is 6.11. The predicted molar refractivity (Wildman–Crippen MR) is 89.0 cm³/mol. The molecule has 2 aromatic carbocycles. The summed E-state index contributed by atoms with van der Waals surface area (Å²) in [6.07, 6.45) is 0. The fourth-order valence-electron chi connectivity index (χ4n) is 2.06. The second kappa shape index (κ2) is 7.27. The molecule has 0 aliphatic heterocycles. The maximum absolute atomic E-state index is 14.1. The minimum atomic E-state index is -0.305. The molecule has 0 N–H and O–H groups in total. The van der Waals surface area contributed by atoms with Gasteiger partial charge in [-0.3, -0.25) is 0 Å². The first-order valence-electron chi connectivity index (χ1n) is 6.47. The van der Waals surface area contributed by atoms with Crippen molar-refractivity contribution in [2.45, 2.75) is 11.8 Å². The van der Waals surface area contributed by atoms with Gasteiger partial charge in [0, 0.05) is 5.56 Å². The highest BCUT2D eigenvalue weighted by molar-refractivity contribution is 9.10. The molecule has 2 nitrogen and oxygen atoms in total. The Kier molecular flexibility index (Phi) is 5.65. The van der Waals surface area contributed by atoms with Crippen LogP contribution in [0.3, 0.4) is 0 Å². The lowest BCUT2D eigenvalue weighted by Gasteiger charge is -2.16. The summed E-state index contributed by atoms with van der Waals surface area (Å²) in [6.45, 7) is 2.52. The fraction of sp³-hybridized carbons (Fsp3) is 0.250. The summed E-state index contributed by atoms with van der Waals surface area (Å²) < 4.78 is 25.7. The van der Waals surface area contributed by atoms with E-state index in [2.05, 4.69) is 31.9 Å². The summed E-state index contributed by atoms with van der Waals surface area (Å²) in [5.74, 6) is 0.976. The number of alkyl halides is 1. The van der Waals surface area contributed by atoms with E-state index in [1.54, 1.807) is 12.1 Å². The molecule has 0 radical (unpaired) electrons. The molecule has 1 atom stereocenters. The van der Waals surface area contributed by atoms with Gasteiger partial charge < -0.3 is 9.47 Å². The molecule has 0 aromatic heterocycles. The number of methoxy groups -OCH3 is 1. The van der Waals surface area contributed by atoms with Gasteiger partial charge in [-0.1, -0.05) is 28.1 Å². The third-order valence-electron chi connectivity index (χ3n) is 3.03. The van der Waals surface area contributed by atoms with E-state index in [-0.39, 0.29) is 10.6 Å². The van der Waals surface area contributed by atoms with Crippen molar-refractivity contribution in [3.05, 3.63) is 57.8 Å². The van der Waals surface area contributed by atoms with Crippen LogP contribution in [0.1, 0.15) is 22.9 Å². The lowest BCUT2D eigenvalue weighted by Crippen LogP contribution is -2.01. The van der Waals surface area contributed by atoms with Gasteiger partial charge in [-0.2, -0.15) is 0 Å². The first kappa shape index (κ1) is 16.3. The number of rotatable bonds is 5. The third-order valence-corrected chi connectivity index (χ3v) is 4.64. The molecule has 0 bridgehead atoms. The van der Waals surface area contributed by atoms with Crippen molar-refractivity contribution in [1.82, 2.24) is 0 Å². The van der Waals surface area contributed by atoms with Crippen LogP contribution in [0, 0.1) is 5.82 Å². The molecule has 112 valence electrons. The first-order chi connectivity index (χ1) is 10.1. The van der Waals surface area contributed by atoms with Crippen molar-refractivity contribution < 1.29 is 13.9 Å². The number of ether oxygens (including phenoxy) is 2. The fourth-order valence-corrected chi connectivity index (χ4v) is 3.30. The zero-order chi connectivity index (χ0) is 15.4. The highest BCUT2D eigenvalue weighted by Crippen LogP contribution is 2.40. The Bertz CT molecular complexity index is 632. The number of hydrogen-bond acceptors (Lipinski definition) is 2. The largest absolute Gasteiger partial charge is 0.496 e. The standard InChI is InChI=1S/C16H15Br2FO2/c1-3-21-13-8-7-10(9-11(13)17)16(18)15-12(19)5-4-6-14(15)20-2/h4-9,16H,3H2,1-2H3. The predicted octanol–water partition coefficient (Wildman–Crippen LogP) is 5.48. The van der Waals surface area contributed by atoms with Gasteiger partial charge in [0.15, 0.2) is 0 Å². The van der Waals surface area contributed by atoms with E-state index >= 15 is 0 Å². The van der Waals surface area contributed by atoms with Gasteiger partial charge in [-0.05, 0) is 52.7 Å². The summed E-state index contributed by atoms with van der Waals surface area (Å²) >= 11 is 7.02. The van der Waals surface area contributed by atoms with E-state index in [1.807, 2.05) is 25.1 Å². The van der Waals surface area contributed by atoms with E-state index in [4.69, 9.17) is 9.47 Å². The molecule has 0 aliphatic carbocycles. The number of benzene rings is 2. The lowest BCUT2D eigenvalue weighted by molar-refractivity contribution is 0.338. The van der Waals surface area contributed by atoms with E-state index in [0.29, 0.717) is 17.9 Å². The monoisotopic (exact) mass is 416 g/mol. The van der Waals surface area contributed by atoms with Crippen LogP contribution in [0.2, 0.25) is 0 Å². The number of hydrogen-bond donors (Lipinski definition) is 0. The van der Waals surface area contributed by atoms with Gasteiger partial charge in [0.2, 0.25) is 0 Å². The van der Waals surface area contributed by atoms with Crippen LogP contribution in [0.5, 0.6) is 11.5 Å². The zero-order valence-corrected chi connectivity index (χ0v) is 14.9. The Labute approximate surface area is 140 Å². The van der Waals surface area contributed by atoms with Crippen LogP contribution in [-0.2, 0) is 0 Å². The van der Waals surface area contributed by atoms with Crippen LogP contribution < -0.4 is 9.47 Å². The Morgan fingerprint density at radius 3 is 2.57 bits per heavy atom. The summed E-state index contributed by atoms with van der Waals surface area (Å²) in [6, 6.07) is 10.5. The van der Waals surface area contributed by atoms with E-state index in [0.717, 1.165) is 15.8 Å². The molecular weight excluding hydrogens is 403 g/mol. The molecule has 0 fully saturated rings. The molecule has 0 heterocycles. The van der Waals surface area contributed by atoms with Crippen LogP contribution in [0.15, 0.2) is 40.9 Å². The Balaban J connectivity index is 2.41. The van der Waals surface area contributed by atoms with Gasteiger partial charge in [-0.15, -0.1) is 0 Å². The van der Waals surface area contributed by atoms with E-state index in [9.17, 15) is 4.39 Å². The van der Waals surface area contributed by atoms with Crippen LogP contribution in [0.25, 0.3) is 0 Å². The summed E-state index contributed by atoms with van der Waals surface area (Å²) in [5, 5.41) is 0. The molecular formula is C16H15Br2FO2. The van der Waals surface area contributed by atoms with Crippen LogP contribution in [-0.4, -0.2) is 13.7 Å². The Morgan fingerprint density at radius 2 is 1.95 bits per heavy atom. The van der Waals surface area contributed by atoms with Crippen LogP contribution in [0.4, 0.5) is 4.39 Å². The average Bonchev–Trinajstić information content (AvgIpc) is 2.48. The minimum Gasteiger partial charge on any atom is -0.496 e. The molecule has 2 rings (SSSR count). The summed E-state index contributed by atoms with van der Waals surface area (Å²) in [7, 11) is 1.53. The topological polar surface area (TPSA) is 18.5 Å². The maximum Gasteiger partial charge on any atom is 0.133 e. The third kappa shape index (κ3) is 3.58. The molecule has 0 saturated carbocycles. The van der Waals surface area contributed by atoms with E-state index in [1.165, 1.54) is 13.2 Å². The SMILES string of the molecule is CCOc1ccc(C(Br)c2c(F)cccc2OC)cc1Br. The molecule has 0 saturated heterocycles. The quantitative estimate of drug-likeness (QED) is 0.599. The average molecular weight is 418 g/mol. The van der Waals surface area contributed by atoms with Crippen molar-refractivity contribution in [2.24, 2.45) is 0 Å². The molecule has 0 amide bonds. The van der Waals surface area contributed by atoms with Crippen molar-refractivity contribution in [3.8, 4) is 11.5 Å². The molecule has 1 unspecified atom stereocenters. The number of halogens is 3. The minimum absolute atomic E-state index is 0.304. The molecule has 5 heteroatoms.